The standard InChI is InChI=1S/C23H21N3O3/c27-22(25-10-15-13-29-23(28)21(15)12-25)20-8-7-17(18-3-1-2-4-19(18)20)14-9-24-26(11-14)16-5-6-16/h1-4,7-9,11,15-16,21H,5-6,10,12-13H2/t15-,21-/m1/s1. The second kappa shape index (κ2) is 6.17. The highest BCUT2D eigenvalue weighted by atomic mass is 16.5. The molecule has 1 aliphatic carbocycles. The van der Waals surface area contributed by atoms with Gasteiger partial charge in [-0.3, -0.25) is 14.3 Å². The molecule has 3 aliphatic rings. The van der Waals surface area contributed by atoms with Crippen LogP contribution in [0.25, 0.3) is 21.9 Å². The molecule has 1 aromatic heterocycles. The van der Waals surface area contributed by atoms with Crippen molar-refractivity contribution in [2.24, 2.45) is 11.8 Å². The molecule has 6 rings (SSSR count). The highest BCUT2D eigenvalue weighted by Crippen LogP contribution is 2.37. The maximum Gasteiger partial charge on any atom is 0.311 e. The first-order chi connectivity index (χ1) is 14.2. The highest BCUT2D eigenvalue weighted by Gasteiger charge is 2.45. The number of carbonyl (C=O) groups excluding carboxylic acids is 2. The fourth-order valence-electron chi connectivity index (χ4n) is 4.69. The van der Waals surface area contributed by atoms with Crippen molar-refractivity contribution in [3.63, 3.8) is 0 Å². The Kier molecular flexibility index (Phi) is 3.57. The minimum Gasteiger partial charge on any atom is -0.465 e. The molecule has 1 saturated carbocycles. The quantitative estimate of drug-likeness (QED) is 0.647. The average molecular weight is 387 g/mol. The van der Waals surface area contributed by atoms with Crippen molar-refractivity contribution in [3.05, 3.63) is 54.4 Å². The van der Waals surface area contributed by atoms with E-state index in [4.69, 9.17) is 4.74 Å². The number of carbonyl (C=O) groups is 2. The van der Waals surface area contributed by atoms with E-state index in [0.717, 1.165) is 21.9 Å². The van der Waals surface area contributed by atoms with Gasteiger partial charge in [-0.05, 0) is 35.2 Å². The second-order valence-corrected chi connectivity index (χ2v) is 8.35. The zero-order valence-corrected chi connectivity index (χ0v) is 16.0. The summed E-state index contributed by atoms with van der Waals surface area (Å²) in [6, 6.07) is 12.5. The Hall–Kier alpha value is -3.15. The van der Waals surface area contributed by atoms with E-state index in [2.05, 4.69) is 17.4 Å². The summed E-state index contributed by atoms with van der Waals surface area (Å²) in [7, 11) is 0. The van der Waals surface area contributed by atoms with Gasteiger partial charge in [0.05, 0.1) is 24.8 Å². The van der Waals surface area contributed by atoms with Gasteiger partial charge in [-0.25, -0.2) is 0 Å². The lowest BCUT2D eigenvalue weighted by atomic mass is 9.96. The summed E-state index contributed by atoms with van der Waals surface area (Å²) in [5.41, 5.74) is 2.85. The van der Waals surface area contributed by atoms with Gasteiger partial charge in [0.15, 0.2) is 0 Å². The van der Waals surface area contributed by atoms with Gasteiger partial charge < -0.3 is 9.64 Å². The first kappa shape index (κ1) is 16.8. The molecule has 0 unspecified atom stereocenters. The number of hydrogen-bond acceptors (Lipinski definition) is 4. The number of nitrogens with zero attached hydrogens (tertiary/aromatic N) is 3. The van der Waals surface area contributed by atoms with E-state index in [1.807, 2.05) is 46.1 Å². The lowest BCUT2D eigenvalue weighted by Gasteiger charge is -2.19. The normalized spacial score (nSPS) is 23.4. The molecule has 0 bridgehead atoms. The van der Waals surface area contributed by atoms with Crippen LogP contribution in [0.15, 0.2) is 48.8 Å². The van der Waals surface area contributed by atoms with Gasteiger partial charge in [0.25, 0.3) is 5.91 Å². The molecule has 0 N–H and O–H groups in total. The largest absolute Gasteiger partial charge is 0.465 e. The molecule has 6 heteroatoms. The van der Waals surface area contributed by atoms with E-state index >= 15 is 0 Å². The molecule has 2 aliphatic heterocycles. The fourth-order valence-corrected chi connectivity index (χ4v) is 4.69. The summed E-state index contributed by atoms with van der Waals surface area (Å²) in [6.07, 6.45) is 6.41. The zero-order chi connectivity index (χ0) is 19.5. The van der Waals surface area contributed by atoms with Crippen LogP contribution in [-0.2, 0) is 9.53 Å². The lowest BCUT2D eigenvalue weighted by Crippen LogP contribution is -2.31. The summed E-state index contributed by atoms with van der Waals surface area (Å²) in [4.78, 5) is 27.0. The van der Waals surface area contributed by atoms with E-state index in [9.17, 15) is 9.59 Å². The third kappa shape index (κ3) is 2.66. The van der Waals surface area contributed by atoms with Crippen molar-refractivity contribution < 1.29 is 14.3 Å². The molecule has 0 radical (unpaired) electrons. The predicted octanol–water partition coefficient (Wildman–Crippen LogP) is 3.28. The fraction of sp³-hybridized carbons (Fsp3) is 0.348. The van der Waals surface area contributed by atoms with Gasteiger partial charge in [0.1, 0.15) is 0 Å². The van der Waals surface area contributed by atoms with Crippen molar-refractivity contribution >= 4 is 22.6 Å². The van der Waals surface area contributed by atoms with E-state index in [1.54, 1.807) is 0 Å². The van der Waals surface area contributed by atoms with Gasteiger partial charge in [0, 0.05) is 36.3 Å². The third-order valence-electron chi connectivity index (χ3n) is 6.46. The van der Waals surface area contributed by atoms with Gasteiger partial charge in [-0.15, -0.1) is 0 Å². The minimum absolute atomic E-state index is 0.0105. The van der Waals surface area contributed by atoms with Crippen LogP contribution in [0.2, 0.25) is 0 Å². The maximum absolute atomic E-state index is 13.3. The van der Waals surface area contributed by atoms with Crippen LogP contribution >= 0.6 is 0 Å². The Morgan fingerprint density at radius 2 is 1.90 bits per heavy atom. The van der Waals surface area contributed by atoms with Crippen molar-refractivity contribution in [2.45, 2.75) is 18.9 Å². The first-order valence-corrected chi connectivity index (χ1v) is 10.2. The number of fused-ring (bicyclic) bond motifs is 2. The van der Waals surface area contributed by atoms with Crippen LogP contribution in [0.3, 0.4) is 0 Å². The molecule has 3 aromatic rings. The van der Waals surface area contributed by atoms with Crippen molar-refractivity contribution in [1.29, 1.82) is 0 Å². The Labute approximate surface area is 168 Å². The predicted molar refractivity (Wildman–Crippen MR) is 107 cm³/mol. The Balaban J connectivity index is 1.37. The molecular formula is C23H21N3O3. The van der Waals surface area contributed by atoms with Crippen LogP contribution in [0.1, 0.15) is 29.2 Å². The van der Waals surface area contributed by atoms with E-state index in [0.29, 0.717) is 31.3 Å². The number of benzene rings is 2. The molecule has 0 spiro atoms. The van der Waals surface area contributed by atoms with Crippen LogP contribution in [-0.4, -0.2) is 46.3 Å². The molecule has 3 fully saturated rings. The Morgan fingerprint density at radius 3 is 2.69 bits per heavy atom. The van der Waals surface area contributed by atoms with E-state index in [-0.39, 0.29) is 23.7 Å². The molecule has 6 nitrogen and oxygen atoms in total. The Bertz CT molecular complexity index is 1150. The zero-order valence-electron chi connectivity index (χ0n) is 16.0. The number of likely N-dealkylation sites (tertiary alicyclic amines) is 1. The van der Waals surface area contributed by atoms with Crippen LogP contribution in [0.5, 0.6) is 0 Å². The van der Waals surface area contributed by atoms with Gasteiger partial charge in [-0.1, -0.05) is 30.3 Å². The number of hydrogen-bond donors (Lipinski definition) is 0. The van der Waals surface area contributed by atoms with Crippen molar-refractivity contribution in [3.8, 4) is 11.1 Å². The highest BCUT2D eigenvalue weighted by molar-refractivity contribution is 6.11. The molecule has 2 atom stereocenters. The average Bonchev–Trinajstić information content (AvgIpc) is 3.18. The summed E-state index contributed by atoms with van der Waals surface area (Å²) >= 11 is 0. The minimum atomic E-state index is -0.169. The van der Waals surface area contributed by atoms with Crippen molar-refractivity contribution in [2.75, 3.05) is 19.7 Å². The van der Waals surface area contributed by atoms with Gasteiger partial charge in [0.2, 0.25) is 0 Å². The molecular weight excluding hydrogens is 366 g/mol. The molecule has 1 amide bonds. The second-order valence-electron chi connectivity index (χ2n) is 8.35. The number of esters is 1. The number of rotatable bonds is 3. The molecule has 146 valence electrons. The molecule has 29 heavy (non-hydrogen) atoms. The third-order valence-corrected chi connectivity index (χ3v) is 6.46. The van der Waals surface area contributed by atoms with E-state index < -0.39 is 0 Å². The molecule has 2 saturated heterocycles. The SMILES string of the molecule is O=C1OC[C@H]2CN(C(=O)c3ccc(-c4cnn(C5CC5)c4)c4ccccc34)C[C@@H]12. The number of cyclic esters (lactones) is 1. The molecule has 3 heterocycles. The van der Waals surface area contributed by atoms with Crippen LogP contribution in [0.4, 0.5) is 0 Å². The first-order valence-electron chi connectivity index (χ1n) is 10.2. The summed E-state index contributed by atoms with van der Waals surface area (Å²) in [6.45, 7) is 1.46. The number of aromatic nitrogens is 2. The lowest BCUT2D eigenvalue weighted by molar-refractivity contribution is -0.141. The molecule has 2 aromatic carbocycles. The van der Waals surface area contributed by atoms with Gasteiger partial charge in [-0.2, -0.15) is 5.10 Å². The van der Waals surface area contributed by atoms with Crippen molar-refractivity contribution in [1.82, 2.24) is 14.7 Å². The summed E-state index contributed by atoms with van der Waals surface area (Å²) < 4.78 is 7.17. The maximum atomic E-state index is 13.3. The van der Waals surface area contributed by atoms with Gasteiger partial charge >= 0.3 is 5.97 Å². The summed E-state index contributed by atoms with van der Waals surface area (Å²) in [5, 5.41) is 6.51. The van der Waals surface area contributed by atoms with E-state index in [1.165, 1.54) is 12.8 Å². The van der Waals surface area contributed by atoms with Crippen LogP contribution < -0.4 is 0 Å². The summed E-state index contributed by atoms with van der Waals surface area (Å²) in [5.74, 6) is -0.218. The monoisotopic (exact) mass is 387 g/mol. The number of ether oxygens (including phenoxy) is 1. The Morgan fingerprint density at radius 1 is 1.07 bits per heavy atom. The smallest absolute Gasteiger partial charge is 0.311 e. The number of amides is 1. The topological polar surface area (TPSA) is 64.4 Å². The van der Waals surface area contributed by atoms with Crippen LogP contribution in [0, 0.1) is 11.8 Å².